The van der Waals surface area contributed by atoms with Crippen molar-refractivity contribution in [1.29, 1.82) is 0 Å². The molecule has 0 radical (unpaired) electrons. The van der Waals surface area contributed by atoms with Crippen LogP contribution in [0.2, 0.25) is 0 Å². The number of ether oxygens (including phenoxy) is 1. The molecule has 2 aromatic rings. The van der Waals surface area contributed by atoms with Gasteiger partial charge in [0.15, 0.2) is 17.7 Å². The van der Waals surface area contributed by atoms with Crippen LogP contribution in [0, 0.1) is 11.6 Å². The Balaban J connectivity index is 1.71. The number of halogens is 2. The van der Waals surface area contributed by atoms with Gasteiger partial charge in [0.2, 0.25) is 0 Å². The maximum Gasteiger partial charge on any atom is 0.254 e. The van der Waals surface area contributed by atoms with Crippen LogP contribution in [0.15, 0.2) is 42.5 Å². The minimum Gasteiger partial charge on any atom is -0.386 e. The fraction of sp³-hybridized carbons (Fsp3) is 0.316. The Morgan fingerprint density at radius 3 is 2.76 bits per heavy atom. The molecule has 2 N–H and O–H groups in total. The molecule has 0 spiro atoms. The van der Waals surface area contributed by atoms with E-state index in [-0.39, 0.29) is 11.5 Å². The highest BCUT2D eigenvalue weighted by molar-refractivity contribution is 5.83. The van der Waals surface area contributed by atoms with E-state index in [1.54, 1.807) is 6.92 Å². The highest BCUT2D eigenvalue weighted by Gasteiger charge is 2.29. The van der Waals surface area contributed by atoms with E-state index < -0.39 is 29.9 Å². The second-order valence-corrected chi connectivity index (χ2v) is 6.12. The Labute approximate surface area is 144 Å². The van der Waals surface area contributed by atoms with Crippen molar-refractivity contribution in [2.24, 2.45) is 0 Å². The summed E-state index contributed by atoms with van der Waals surface area (Å²) in [7, 11) is 0. The van der Waals surface area contributed by atoms with E-state index in [2.05, 4.69) is 5.32 Å². The minimum atomic E-state index is -1.17. The number of benzene rings is 2. The highest BCUT2D eigenvalue weighted by Crippen LogP contribution is 2.28. The summed E-state index contributed by atoms with van der Waals surface area (Å²) in [5.74, 6) is -2.40. The third kappa shape index (κ3) is 3.70. The number of fused-ring (bicyclic) bond motifs is 1. The summed E-state index contributed by atoms with van der Waals surface area (Å²) in [4.78, 5) is 12.5. The Morgan fingerprint density at radius 2 is 2.00 bits per heavy atom. The van der Waals surface area contributed by atoms with Crippen LogP contribution in [0.25, 0.3) is 0 Å². The lowest BCUT2D eigenvalue weighted by molar-refractivity contribution is -0.135. The molecule has 4 nitrogen and oxygen atoms in total. The van der Waals surface area contributed by atoms with Crippen molar-refractivity contribution in [3.05, 3.63) is 70.8 Å². The Hall–Kier alpha value is -2.31. The topological polar surface area (TPSA) is 58.6 Å². The molecule has 2 aromatic carbocycles. The molecule has 0 bridgehead atoms. The van der Waals surface area contributed by atoms with Gasteiger partial charge < -0.3 is 15.2 Å². The quantitative estimate of drug-likeness (QED) is 0.894. The third-order valence-corrected chi connectivity index (χ3v) is 4.36. The molecule has 0 aliphatic carbocycles. The lowest BCUT2D eigenvalue weighted by Crippen LogP contribution is -2.41. The molecule has 0 fully saturated rings. The van der Waals surface area contributed by atoms with Gasteiger partial charge in [-0.2, -0.15) is 0 Å². The van der Waals surface area contributed by atoms with Gasteiger partial charge in [0.05, 0.1) is 18.8 Å². The smallest absolute Gasteiger partial charge is 0.254 e. The Kier molecular flexibility index (Phi) is 5.11. The second kappa shape index (κ2) is 7.29. The van der Waals surface area contributed by atoms with E-state index in [1.807, 2.05) is 24.3 Å². The fourth-order valence-corrected chi connectivity index (χ4v) is 2.98. The molecule has 6 heteroatoms. The van der Waals surface area contributed by atoms with Gasteiger partial charge in [-0.3, -0.25) is 4.79 Å². The number of aliphatic hydroxyl groups excluding tert-OH is 1. The van der Waals surface area contributed by atoms with E-state index in [9.17, 15) is 18.7 Å². The number of carbonyl (C=O) groups excluding carboxylic acids is 1. The van der Waals surface area contributed by atoms with Crippen LogP contribution in [0.5, 0.6) is 0 Å². The molecule has 0 saturated carbocycles. The largest absolute Gasteiger partial charge is 0.386 e. The zero-order chi connectivity index (χ0) is 18.0. The SMILES string of the molecule is CC(NC(=O)C1OCCc2ccccc21)C(O)c1ccc(F)c(F)c1. The van der Waals surface area contributed by atoms with Gasteiger partial charge in [0.1, 0.15) is 0 Å². The van der Waals surface area contributed by atoms with Crippen LogP contribution >= 0.6 is 0 Å². The van der Waals surface area contributed by atoms with Crippen molar-refractivity contribution in [2.45, 2.75) is 31.6 Å². The first-order valence-electron chi connectivity index (χ1n) is 8.10. The molecular weight excluding hydrogens is 328 g/mol. The fourth-order valence-electron chi connectivity index (χ4n) is 2.98. The van der Waals surface area contributed by atoms with Gasteiger partial charge in [0.25, 0.3) is 5.91 Å². The lowest BCUT2D eigenvalue weighted by Gasteiger charge is -2.28. The van der Waals surface area contributed by atoms with E-state index in [1.165, 1.54) is 6.07 Å². The summed E-state index contributed by atoms with van der Waals surface area (Å²) in [6.45, 7) is 2.04. The number of hydrogen-bond donors (Lipinski definition) is 2. The van der Waals surface area contributed by atoms with Gasteiger partial charge >= 0.3 is 0 Å². The molecule has 1 aliphatic heterocycles. The van der Waals surface area contributed by atoms with Crippen molar-refractivity contribution in [3.8, 4) is 0 Å². The molecule has 3 unspecified atom stereocenters. The molecule has 1 amide bonds. The summed E-state index contributed by atoms with van der Waals surface area (Å²) in [5, 5.41) is 13.0. The molecule has 0 aromatic heterocycles. The molecule has 3 rings (SSSR count). The van der Waals surface area contributed by atoms with Crippen LogP contribution in [0.1, 0.15) is 35.8 Å². The Morgan fingerprint density at radius 1 is 1.24 bits per heavy atom. The molecular formula is C19H19F2NO3. The summed E-state index contributed by atoms with van der Waals surface area (Å²) in [6.07, 6.45) is -1.17. The number of amides is 1. The van der Waals surface area contributed by atoms with E-state index in [4.69, 9.17) is 4.74 Å². The average molecular weight is 347 g/mol. The van der Waals surface area contributed by atoms with Crippen molar-refractivity contribution < 1.29 is 23.4 Å². The van der Waals surface area contributed by atoms with Gasteiger partial charge in [-0.1, -0.05) is 30.3 Å². The van der Waals surface area contributed by atoms with Crippen molar-refractivity contribution in [3.63, 3.8) is 0 Å². The maximum atomic E-state index is 13.3. The summed E-state index contributed by atoms with van der Waals surface area (Å²) < 4.78 is 31.9. The lowest BCUT2D eigenvalue weighted by atomic mass is 9.96. The monoisotopic (exact) mass is 347 g/mol. The normalized spacial score (nSPS) is 19.0. The first-order chi connectivity index (χ1) is 12.0. The number of nitrogens with one attached hydrogen (secondary N) is 1. The molecule has 3 atom stereocenters. The number of carbonyl (C=O) groups is 1. The van der Waals surface area contributed by atoms with Gasteiger partial charge in [-0.05, 0) is 42.2 Å². The number of hydrogen-bond acceptors (Lipinski definition) is 3. The van der Waals surface area contributed by atoms with Gasteiger partial charge in [-0.15, -0.1) is 0 Å². The van der Waals surface area contributed by atoms with Crippen molar-refractivity contribution >= 4 is 5.91 Å². The standard InChI is InChI=1S/C19H19F2NO3/c1-11(17(23)13-6-7-15(20)16(21)10-13)22-19(24)18-14-5-3-2-4-12(14)8-9-25-18/h2-7,10-11,17-18,23H,8-9H2,1H3,(H,22,24). The van der Waals surface area contributed by atoms with Gasteiger partial charge in [0, 0.05) is 0 Å². The zero-order valence-electron chi connectivity index (χ0n) is 13.7. The summed E-state index contributed by atoms with van der Waals surface area (Å²) >= 11 is 0. The highest BCUT2D eigenvalue weighted by atomic mass is 19.2. The third-order valence-electron chi connectivity index (χ3n) is 4.36. The summed E-state index contributed by atoms with van der Waals surface area (Å²) in [6, 6.07) is 10.0. The molecule has 1 heterocycles. The van der Waals surface area contributed by atoms with Crippen molar-refractivity contribution in [1.82, 2.24) is 5.32 Å². The van der Waals surface area contributed by atoms with Gasteiger partial charge in [-0.25, -0.2) is 8.78 Å². The van der Waals surface area contributed by atoms with Crippen molar-refractivity contribution in [2.75, 3.05) is 6.61 Å². The first kappa shape index (κ1) is 17.5. The first-order valence-corrected chi connectivity index (χ1v) is 8.10. The predicted octanol–water partition coefficient (Wildman–Crippen LogP) is 2.82. The maximum absolute atomic E-state index is 13.3. The molecule has 132 valence electrons. The van der Waals surface area contributed by atoms with Crippen LogP contribution < -0.4 is 5.32 Å². The van der Waals surface area contributed by atoms with Crippen LogP contribution in [-0.4, -0.2) is 23.7 Å². The van der Waals surface area contributed by atoms with Crippen LogP contribution in [0.3, 0.4) is 0 Å². The van der Waals surface area contributed by atoms with Crippen LogP contribution in [0.4, 0.5) is 8.78 Å². The predicted molar refractivity (Wildman–Crippen MR) is 87.8 cm³/mol. The average Bonchev–Trinajstić information content (AvgIpc) is 2.62. The van der Waals surface area contributed by atoms with E-state index in [0.29, 0.717) is 6.61 Å². The molecule has 25 heavy (non-hydrogen) atoms. The van der Waals surface area contributed by atoms with E-state index >= 15 is 0 Å². The number of aliphatic hydroxyl groups is 1. The summed E-state index contributed by atoms with van der Waals surface area (Å²) in [5.41, 5.74) is 2.06. The molecule has 1 aliphatic rings. The van der Waals surface area contributed by atoms with E-state index in [0.717, 1.165) is 29.7 Å². The second-order valence-electron chi connectivity index (χ2n) is 6.12. The number of rotatable bonds is 4. The molecule has 0 saturated heterocycles. The van der Waals surface area contributed by atoms with Crippen LogP contribution in [-0.2, 0) is 16.0 Å². The minimum absolute atomic E-state index is 0.191. The Bertz CT molecular complexity index is 781. The zero-order valence-corrected chi connectivity index (χ0v) is 13.7.